The Hall–Kier alpha value is -1.60. The summed E-state index contributed by atoms with van der Waals surface area (Å²) in [6, 6.07) is 17.9. The van der Waals surface area contributed by atoms with Crippen molar-refractivity contribution in [2.75, 3.05) is 6.54 Å². The van der Waals surface area contributed by atoms with E-state index < -0.39 is 0 Å². The second-order valence-corrected chi connectivity index (χ2v) is 5.78. The van der Waals surface area contributed by atoms with Crippen molar-refractivity contribution in [2.45, 2.75) is 46.1 Å². The van der Waals surface area contributed by atoms with E-state index in [0.29, 0.717) is 6.04 Å². The number of aryl methyl sites for hydroxylation is 2. The summed E-state index contributed by atoms with van der Waals surface area (Å²) in [5.41, 5.74) is 5.72. The van der Waals surface area contributed by atoms with Crippen molar-refractivity contribution < 1.29 is 0 Å². The molecule has 0 saturated carbocycles. The minimum Gasteiger partial charge on any atom is -0.310 e. The fraction of sp³-hybridized carbons (Fsp3) is 0.400. The first-order chi connectivity index (χ1) is 10.2. The fourth-order valence-corrected chi connectivity index (χ4v) is 2.92. The molecule has 0 fully saturated rings. The summed E-state index contributed by atoms with van der Waals surface area (Å²) in [5.74, 6) is 0. The van der Waals surface area contributed by atoms with Gasteiger partial charge in [0.05, 0.1) is 0 Å². The third-order valence-electron chi connectivity index (χ3n) is 4.27. The van der Waals surface area contributed by atoms with Crippen LogP contribution in [0.1, 0.15) is 48.1 Å². The molecule has 1 nitrogen and oxygen atoms in total. The van der Waals surface area contributed by atoms with Gasteiger partial charge in [0.2, 0.25) is 0 Å². The normalized spacial score (nSPS) is 12.3. The lowest BCUT2D eigenvalue weighted by atomic mass is 9.93. The van der Waals surface area contributed by atoms with Gasteiger partial charge in [-0.15, -0.1) is 0 Å². The molecule has 0 bridgehead atoms. The standard InChI is InChI=1S/C20H27N/c1-4-21-20(19-14-8-10-16(2)17(19)3)15-9-13-18-11-6-5-7-12-18/h5-8,10-12,14,20-21H,4,9,13,15H2,1-3H3. The van der Waals surface area contributed by atoms with Crippen molar-refractivity contribution in [3.63, 3.8) is 0 Å². The Kier molecular flexibility index (Phi) is 6.01. The summed E-state index contributed by atoms with van der Waals surface area (Å²) in [4.78, 5) is 0. The Morgan fingerprint density at radius 2 is 1.71 bits per heavy atom. The molecule has 2 rings (SSSR count). The average Bonchev–Trinajstić information content (AvgIpc) is 2.50. The van der Waals surface area contributed by atoms with E-state index >= 15 is 0 Å². The van der Waals surface area contributed by atoms with Crippen molar-refractivity contribution in [3.05, 3.63) is 70.8 Å². The molecule has 0 radical (unpaired) electrons. The van der Waals surface area contributed by atoms with Crippen LogP contribution in [0, 0.1) is 13.8 Å². The van der Waals surface area contributed by atoms with E-state index in [-0.39, 0.29) is 0 Å². The van der Waals surface area contributed by atoms with Crippen LogP contribution >= 0.6 is 0 Å². The van der Waals surface area contributed by atoms with Gasteiger partial charge in [-0.25, -0.2) is 0 Å². The van der Waals surface area contributed by atoms with Gasteiger partial charge in [0.25, 0.3) is 0 Å². The highest BCUT2D eigenvalue weighted by atomic mass is 14.9. The van der Waals surface area contributed by atoms with Gasteiger partial charge in [0.1, 0.15) is 0 Å². The molecule has 2 aromatic carbocycles. The van der Waals surface area contributed by atoms with E-state index in [9.17, 15) is 0 Å². The molecule has 0 amide bonds. The predicted molar refractivity (Wildman–Crippen MR) is 91.7 cm³/mol. The zero-order chi connectivity index (χ0) is 15.1. The number of hydrogen-bond acceptors (Lipinski definition) is 1. The van der Waals surface area contributed by atoms with E-state index in [1.807, 2.05) is 0 Å². The van der Waals surface area contributed by atoms with Crippen LogP contribution in [-0.4, -0.2) is 6.54 Å². The number of hydrogen-bond donors (Lipinski definition) is 1. The van der Waals surface area contributed by atoms with Crippen molar-refractivity contribution in [1.29, 1.82) is 0 Å². The maximum Gasteiger partial charge on any atom is 0.0322 e. The zero-order valence-electron chi connectivity index (χ0n) is 13.5. The van der Waals surface area contributed by atoms with Gasteiger partial charge in [-0.05, 0) is 61.9 Å². The molecule has 0 saturated heterocycles. The summed E-state index contributed by atoms with van der Waals surface area (Å²) in [7, 11) is 0. The van der Waals surface area contributed by atoms with Crippen LogP contribution in [0.15, 0.2) is 48.5 Å². The number of nitrogens with one attached hydrogen (secondary N) is 1. The maximum absolute atomic E-state index is 3.65. The number of benzene rings is 2. The van der Waals surface area contributed by atoms with Gasteiger partial charge < -0.3 is 5.32 Å². The summed E-state index contributed by atoms with van der Waals surface area (Å²) in [6.07, 6.45) is 3.57. The molecular weight excluding hydrogens is 254 g/mol. The summed E-state index contributed by atoms with van der Waals surface area (Å²) < 4.78 is 0. The molecule has 2 aromatic rings. The zero-order valence-corrected chi connectivity index (χ0v) is 13.5. The minimum atomic E-state index is 0.471. The minimum absolute atomic E-state index is 0.471. The molecule has 1 heteroatoms. The Morgan fingerprint density at radius 3 is 2.43 bits per heavy atom. The quantitative estimate of drug-likeness (QED) is 0.755. The van der Waals surface area contributed by atoms with Gasteiger partial charge in [0, 0.05) is 6.04 Å². The Labute approximate surface area is 129 Å². The third-order valence-corrected chi connectivity index (χ3v) is 4.27. The van der Waals surface area contributed by atoms with Crippen LogP contribution in [0.25, 0.3) is 0 Å². The largest absolute Gasteiger partial charge is 0.310 e. The van der Waals surface area contributed by atoms with E-state index in [0.717, 1.165) is 13.0 Å². The van der Waals surface area contributed by atoms with Crippen molar-refractivity contribution in [1.82, 2.24) is 5.32 Å². The molecule has 1 atom stereocenters. The molecule has 21 heavy (non-hydrogen) atoms. The van der Waals surface area contributed by atoms with Crippen LogP contribution < -0.4 is 5.32 Å². The molecule has 1 unspecified atom stereocenters. The first-order valence-corrected chi connectivity index (χ1v) is 8.05. The van der Waals surface area contributed by atoms with E-state index in [2.05, 4.69) is 74.6 Å². The number of rotatable bonds is 7. The van der Waals surface area contributed by atoms with Crippen LogP contribution in [0.5, 0.6) is 0 Å². The van der Waals surface area contributed by atoms with Crippen LogP contribution in [0.3, 0.4) is 0 Å². The van der Waals surface area contributed by atoms with Gasteiger partial charge in [-0.2, -0.15) is 0 Å². The molecule has 0 aliphatic heterocycles. The molecule has 0 aromatic heterocycles. The average molecular weight is 281 g/mol. The lowest BCUT2D eigenvalue weighted by molar-refractivity contribution is 0.496. The molecule has 0 spiro atoms. The third kappa shape index (κ3) is 4.44. The SMILES string of the molecule is CCNC(CCCc1ccccc1)c1cccc(C)c1C. The summed E-state index contributed by atoms with van der Waals surface area (Å²) in [6.45, 7) is 7.65. The van der Waals surface area contributed by atoms with Gasteiger partial charge >= 0.3 is 0 Å². The monoisotopic (exact) mass is 281 g/mol. The first kappa shape index (κ1) is 15.8. The molecule has 0 aliphatic carbocycles. The highest BCUT2D eigenvalue weighted by Crippen LogP contribution is 2.24. The van der Waals surface area contributed by atoms with E-state index in [1.54, 1.807) is 0 Å². The summed E-state index contributed by atoms with van der Waals surface area (Å²) >= 11 is 0. The lowest BCUT2D eigenvalue weighted by Gasteiger charge is -2.21. The smallest absolute Gasteiger partial charge is 0.0322 e. The first-order valence-electron chi connectivity index (χ1n) is 8.05. The summed E-state index contributed by atoms with van der Waals surface area (Å²) in [5, 5.41) is 3.65. The Morgan fingerprint density at radius 1 is 0.952 bits per heavy atom. The maximum atomic E-state index is 3.65. The van der Waals surface area contributed by atoms with Crippen molar-refractivity contribution in [3.8, 4) is 0 Å². The fourth-order valence-electron chi connectivity index (χ4n) is 2.92. The van der Waals surface area contributed by atoms with Crippen LogP contribution in [-0.2, 0) is 6.42 Å². The van der Waals surface area contributed by atoms with Gasteiger partial charge in [-0.1, -0.05) is 55.5 Å². The van der Waals surface area contributed by atoms with Crippen LogP contribution in [0.4, 0.5) is 0 Å². The molecule has 1 N–H and O–H groups in total. The van der Waals surface area contributed by atoms with E-state index in [1.165, 1.54) is 35.1 Å². The second kappa shape index (κ2) is 7.99. The van der Waals surface area contributed by atoms with Crippen molar-refractivity contribution in [2.24, 2.45) is 0 Å². The highest BCUT2D eigenvalue weighted by Gasteiger charge is 2.13. The van der Waals surface area contributed by atoms with Gasteiger partial charge in [0.15, 0.2) is 0 Å². The Balaban J connectivity index is 2.00. The lowest BCUT2D eigenvalue weighted by Crippen LogP contribution is -2.22. The topological polar surface area (TPSA) is 12.0 Å². The Bertz CT molecular complexity index is 545. The van der Waals surface area contributed by atoms with Crippen LogP contribution in [0.2, 0.25) is 0 Å². The van der Waals surface area contributed by atoms with E-state index in [4.69, 9.17) is 0 Å². The molecule has 112 valence electrons. The predicted octanol–water partition coefficient (Wildman–Crippen LogP) is 4.98. The van der Waals surface area contributed by atoms with Crippen molar-refractivity contribution >= 4 is 0 Å². The molecular formula is C20H27N. The van der Waals surface area contributed by atoms with Gasteiger partial charge in [-0.3, -0.25) is 0 Å². The molecule has 0 aliphatic rings. The second-order valence-electron chi connectivity index (χ2n) is 5.78. The molecule has 0 heterocycles. The highest BCUT2D eigenvalue weighted by molar-refractivity contribution is 5.35.